The largest absolute Gasteiger partial charge is 0.507 e. The molecule has 0 unspecified atom stereocenters. The number of ether oxygens (including phenoxy) is 1. The number of phenolic OH excluding ortho intramolecular Hbond substituents is 1. The van der Waals surface area contributed by atoms with Crippen molar-refractivity contribution in [3.63, 3.8) is 0 Å². The summed E-state index contributed by atoms with van der Waals surface area (Å²) >= 11 is 3.79. The van der Waals surface area contributed by atoms with Gasteiger partial charge < -0.3 is 14.7 Å². The Morgan fingerprint density at radius 2 is 0.951 bits per heavy atom. The monoisotopic (exact) mass is 601 g/mol. The lowest BCUT2D eigenvalue weighted by atomic mass is 9.79. The van der Waals surface area contributed by atoms with E-state index in [9.17, 15) is 5.11 Å². The second-order valence-corrected chi connectivity index (χ2v) is 20.0. The van der Waals surface area contributed by atoms with Gasteiger partial charge in [-0.1, -0.05) is 83.1 Å². The summed E-state index contributed by atoms with van der Waals surface area (Å²) in [5.74, 6) is 1.49. The third-order valence-corrected chi connectivity index (χ3v) is 9.53. The fourth-order valence-corrected chi connectivity index (χ4v) is 7.47. The first kappa shape index (κ1) is 35.9. The van der Waals surface area contributed by atoms with Crippen molar-refractivity contribution < 1.29 is 9.84 Å². The predicted octanol–water partition coefficient (Wildman–Crippen LogP) is 10.5. The maximum Gasteiger partial charge on any atom is 0.126 e. The van der Waals surface area contributed by atoms with Crippen LogP contribution >= 0.6 is 23.5 Å². The number of hydrogen-bond donors (Lipinski definition) is 1. The molecule has 0 aliphatic carbocycles. The van der Waals surface area contributed by atoms with Gasteiger partial charge in [0.25, 0.3) is 0 Å². The van der Waals surface area contributed by atoms with Crippen LogP contribution in [0.4, 0.5) is 0 Å². The Hall–Kier alpha value is -1.30. The molecule has 0 amide bonds. The van der Waals surface area contributed by atoms with E-state index in [-0.39, 0.29) is 25.7 Å². The minimum absolute atomic E-state index is 0.0507. The molecule has 0 aliphatic heterocycles. The quantitative estimate of drug-likeness (QED) is 0.176. The minimum atomic E-state index is -0.149. The second-order valence-electron chi connectivity index (χ2n) is 16.3. The van der Waals surface area contributed by atoms with E-state index in [1.54, 1.807) is 0 Å². The molecule has 2 rings (SSSR count). The standard InChI is InChI=1S/C36H59NO2S2/c1-32(2,3)26-20-24(21-27(30(26)38)33(4,5)6)40-36(13,14)41-25-22-28(34(7,8)9)31(29(23-25)35(10,11)12)39-19-17-18-37(15)16/h20-23,38H,17-19H2,1-16H3. The zero-order valence-electron chi connectivity index (χ0n) is 29.0. The summed E-state index contributed by atoms with van der Waals surface area (Å²) in [5, 5.41) is 11.2. The summed E-state index contributed by atoms with van der Waals surface area (Å²) in [6, 6.07) is 9.12. The molecule has 2 aromatic rings. The normalized spacial score (nSPS) is 13.7. The highest BCUT2D eigenvalue weighted by molar-refractivity contribution is 8.18. The minimum Gasteiger partial charge on any atom is -0.507 e. The Morgan fingerprint density at radius 3 is 1.27 bits per heavy atom. The van der Waals surface area contributed by atoms with Crippen molar-refractivity contribution in [2.45, 2.75) is 139 Å². The molecular weight excluding hydrogens is 543 g/mol. The molecule has 5 heteroatoms. The molecule has 0 radical (unpaired) electrons. The smallest absolute Gasteiger partial charge is 0.126 e. The average Bonchev–Trinajstić information content (AvgIpc) is 2.74. The van der Waals surface area contributed by atoms with Crippen molar-refractivity contribution >= 4 is 23.5 Å². The first-order chi connectivity index (χ1) is 18.3. The molecule has 0 fully saturated rings. The lowest BCUT2D eigenvalue weighted by molar-refractivity contribution is 0.270. The maximum absolute atomic E-state index is 11.2. The molecule has 0 aliphatic rings. The molecule has 0 atom stereocenters. The number of aromatic hydroxyl groups is 1. The summed E-state index contributed by atoms with van der Waals surface area (Å²) in [4.78, 5) is 4.67. The number of phenols is 1. The van der Waals surface area contributed by atoms with Gasteiger partial charge in [0.15, 0.2) is 0 Å². The number of nitrogens with zero attached hydrogens (tertiary/aromatic N) is 1. The maximum atomic E-state index is 11.2. The first-order valence-corrected chi connectivity index (χ1v) is 16.7. The lowest BCUT2D eigenvalue weighted by Gasteiger charge is -2.32. The summed E-state index contributed by atoms with van der Waals surface area (Å²) in [7, 11) is 4.22. The molecule has 232 valence electrons. The van der Waals surface area contributed by atoms with Crippen molar-refractivity contribution in [1.82, 2.24) is 4.90 Å². The summed E-state index contributed by atoms with van der Waals surface area (Å²) in [5.41, 5.74) is 4.16. The molecule has 0 bridgehead atoms. The van der Waals surface area contributed by atoms with E-state index < -0.39 is 0 Å². The van der Waals surface area contributed by atoms with Crippen LogP contribution in [0.15, 0.2) is 34.1 Å². The van der Waals surface area contributed by atoms with Crippen LogP contribution in [0.25, 0.3) is 0 Å². The molecule has 1 N–H and O–H groups in total. The Bertz CT molecular complexity index is 1120. The fourth-order valence-electron chi connectivity index (χ4n) is 4.88. The fraction of sp³-hybridized carbons (Fsp3) is 0.667. The van der Waals surface area contributed by atoms with Gasteiger partial charge >= 0.3 is 0 Å². The van der Waals surface area contributed by atoms with Gasteiger partial charge in [-0.3, -0.25) is 0 Å². The Balaban J connectivity index is 2.56. The van der Waals surface area contributed by atoms with Crippen LogP contribution in [-0.4, -0.2) is 41.3 Å². The highest BCUT2D eigenvalue weighted by Gasteiger charge is 2.32. The van der Waals surface area contributed by atoms with Crippen molar-refractivity contribution in [3.8, 4) is 11.5 Å². The van der Waals surface area contributed by atoms with Gasteiger partial charge in [-0.05, 0) is 80.3 Å². The molecular formula is C36H59NO2S2. The predicted molar refractivity (Wildman–Crippen MR) is 184 cm³/mol. The van der Waals surface area contributed by atoms with Crippen LogP contribution in [0.3, 0.4) is 0 Å². The summed E-state index contributed by atoms with van der Waals surface area (Å²) in [6.07, 6.45) is 1.00. The van der Waals surface area contributed by atoms with Crippen molar-refractivity contribution in [1.29, 1.82) is 0 Å². The molecule has 3 nitrogen and oxygen atoms in total. The molecule has 41 heavy (non-hydrogen) atoms. The van der Waals surface area contributed by atoms with Gasteiger partial charge in [0.1, 0.15) is 11.5 Å². The van der Waals surface area contributed by atoms with Gasteiger partial charge in [-0.2, -0.15) is 0 Å². The number of thioether (sulfide) groups is 2. The Kier molecular flexibility index (Phi) is 11.2. The average molecular weight is 602 g/mol. The zero-order valence-corrected chi connectivity index (χ0v) is 30.7. The summed E-state index contributed by atoms with van der Waals surface area (Å²) < 4.78 is 6.45. The van der Waals surface area contributed by atoms with Crippen molar-refractivity contribution in [2.75, 3.05) is 27.2 Å². The number of hydrogen-bond acceptors (Lipinski definition) is 5. The van der Waals surface area contributed by atoms with E-state index in [0.717, 1.165) is 29.8 Å². The van der Waals surface area contributed by atoms with E-state index in [1.807, 2.05) is 23.5 Å². The van der Waals surface area contributed by atoms with Gasteiger partial charge in [-0.15, -0.1) is 23.5 Å². The molecule has 0 saturated heterocycles. The zero-order chi connectivity index (χ0) is 31.8. The molecule has 2 aromatic carbocycles. The van der Waals surface area contributed by atoms with Crippen LogP contribution in [0.5, 0.6) is 11.5 Å². The van der Waals surface area contributed by atoms with Gasteiger partial charge in [0, 0.05) is 38.6 Å². The molecule has 0 saturated carbocycles. The van der Waals surface area contributed by atoms with Gasteiger partial charge in [0.2, 0.25) is 0 Å². The van der Waals surface area contributed by atoms with Crippen LogP contribution in [0.1, 0.15) is 126 Å². The third-order valence-electron chi connectivity index (χ3n) is 7.10. The highest BCUT2D eigenvalue weighted by atomic mass is 32.2. The van der Waals surface area contributed by atoms with E-state index in [1.165, 1.54) is 20.9 Å². The molecule has 0 heterocycles. The lowest BCUT2D eigenvalue weighted by Crippen LogP contribution is -2.22. The second kappa shape index (κ2) is 12.7. The number of rotatable bonds is 9. The first-order valence-electron chi connectivity index (χ1n) is 15.1. The number of benzene rings is 2. The van der Waals surface area contributed by atoms with Gasteiger partial charge in [-0.25, -0.2) is 0 Å². The van der Waals surface area contributed by atoms with E-state index in [0.29, 0.717) is 12.4 Å². The van der Waals surface area contributed by atoms with E-state index in [4.69, 9.17) is 4.74 Å². The molecule has 0 spiro atoms. The van der Waals surface area contributed by atoms with Crippen molar-refractivity contribution in [3.05, 3.63) is 46.5 Å². The topological polar surface area (TPSA) is 32.7 Å². The van der Waals surface area contributed by atoms with E-state index in [2.05, 4.69) is 140 Å². The SMILES string of the molecule is CN(C)CCCOc1c(C(C)(C)C)cc(SC(C)(C)Sc2cc(C(C)(C)C)c(O)c(C(C)(C)C)c2)cc1C(C)(C)C. The van der Waals surface area contributed by atoms with Crippen LogP contribution in [-0.2, 0) is 21.7 Å². The van der Waals surface area contributed by atoms with E-state index >= 15 is 0 Å². The Morgan fingerprint density at radius 1 is 0.610 bits per heavy atom. The molecule has 0 aromatic heterocycles. The van der Waals surface area contributed by atoms with Crippen LogP contribution in [0, 0.1) is 0 Å². The van der Waals surface area contributed by atoms with Crippen molar-refractivity contribution in [2.24, 2.45) is 0 Å². The highest BCUT2D eigenvalue weighted by Crippen LogP contribution is 2.51. The Labute approximate surface area is 261 Å². The summed E-state index contributed by atoms with van der Waals surface area (Å²) in [6.45, 7) is 33.1. The third kappa shape index (κ3) is 10.1. The van der Waals surface area contributed by atoms with Gasteiger partial charge in [0.05, 0.1) is 10.7 Å². The van der Waals surface area contributed by atoms with Crippen LogP contribution < -0.4 is 4.74 Å². The van der Waals surface area contributed by atoms with Crippen LogP contribution in [0.2, 0.25) is 0 Å².